The zero-order valence-electron chi connectivity index (χ0n) is 17.5. The number of methoxy groups -OCH3 is 1. The molecule has 0 radical (unpaired) electrons. The molecule has 7 nitrogen and oxygen atoms in total. The fourth-order valence-electron chi connectivity index (χ4n) is 3.82. The van der Waals surface area contributed by atoms with E-state index in [0.717, 1.165) is 5.39 Å². The van der Waals surface area contributed by atoms with Crippen LogP contribution >= 0.6 is 0 Å². The van der Waals surface area contributed by atoms with Gasteiger partial charge in [0.25, 0.3) is 0 Å². The van der Waals surface area contributed by atoms with Crippen molar-refractivity contribution < 1.29 is 17.9 Å². The standard InChI is InChI=1S/C23H17F3N6O/c1-33-20-9-14-2-3-15(8-19(14)30-31-20)21-18(5-4-17(10-27)29-21)16-11-28-32(12-16)13-22(6-7-22)23(24,25)26/h2-5,8-9,11-12H,6-7,13H2,1H3. The fraction of sp³-hybridized carbons (Fsp3) is 0.261. The van der Waals surface area contributed by atoms with E-state index in [4.69, 9.17) is 4.74 Å². The number of hydrogen-bond acceptors (Lipinski definition) is 6. The smallest absolute Gasteiger partial charge is 0.396 e. The lowest BCUT2D eigenvalue weighted by Gasteiger charge is -2.18. The molecule has 10 heteroatoms. The molecule has 0 amide bonds. The van der Waals surface area contributed by atoms with Crippen LogP contribution in [0.15, 0.2) is 48.8 Å². The number of halogens is 3. The first-order chi connectivity index (χ1) is 15.8. The summed E-state index contributed by atoms with van der Waals surface area (Å²) in [6, 6.07) is 12.6. The SMILES string of the molecule is COc1cc2ccc(-c3nc(C#N)ccc3-c3cnn(CC4(C(F)(F)F)CC4)c3)cc2nn1. The predicted molar refractivity (Wildman–Crippen MR) is 113 cm³/mol. The first-order valence-electron chi connectivity index (χ1n) is 10.1. The summed E-state index contributed by atoms with van der Waals surface area (Å²) in [5.41, 5.74) is 1.59. The zero-order valence-corrected chi connectivity index (χ0v) is 17.5. The number of aromatic nitrogens is 5. The van der Waals surface area contributed by atoms with Gasteiger partial charge in [-0.1, -0.05) is 12.1 Å². The van der Waals surface area contributed by atoms with Gasteiger partial charge in [0.15, 0.2) is 0 Å². The minimum atomic E-state index is -4.25. The minimum absolute atomic E-state index is 0.109. The van der Waals surface area contributed by atoms with Crippen molar-refractivity contribution in [2.75, 3.05) is 7.11 Å². The van der Waals surface area contributed by atoms with Crippen LogP contribution in [-0.4, -0.2) is 38.2 Å². The summed E-state index contributed by atoms with van der Waals surface area (Å²) in [5.74, 6) is 0.389. The van der Waals surface area contributed by atoms with Gasteiger partial charge in [-0.25, -0.2) is 4.98 Å². The van der Waals surface area contributed by atoms with E-state index in [0.29, 0.717) is 33.8 Å². The molecule has 1 saturated carbocycles. The van der Waals surface area contributed by atoms with Crippen molar-refractivity contribution in [3.8, 4) is 34.3 Å². The first kappa shape index (κ1) is 20.9. The Morgan fingerprint density at radius 2 is 1.94 bits per heavy atom. The lowest BCUT2D eigenvalue weighted by Crippen LogP contribution is -2.29. The Morgan fingerprint density at radius 3 is 2.64 bits per heavy atom. The highest BCUT2D eigenvalue weighted by molar-refractivity contribution is 5.88. The number of fused-ring (bicyclic) bond motifs is 1. The van der Waals surface area contributed by atoms with Crippen molar-refractivity contribution in [2.45, 2.75) is 25.6 Å². The quantitative estimate of drug-likeness (QED) is 0.435. The van der Waals surface area contributed by atoms with Crippen molar-refractivity contribution in [3.05, 3.63) is 54.5 Å². The third-order valence-corrected chi connectivity index (χ3v) is 5.92. The maximum absolute atomic E-state index is 13.4. The van der Waals surface area contributed by atoms with Gasteiger partial charge in [-0.2, -0.15) is 23.5 Å². The summed E-state index contributed by atoms with van der Waals surface area (Å²) < 4.78 is 46.5. The Labute approximate surface area is 186 Å². The molecule has 1 fully saturated rings. The average Bonchev–Trinajstić information content (AvgIpc) is 3.47. The number of nitrogens with zero attached hydrogens (tertiary/aromatic N) is 6. The molecular weight excluding hydrogens is 433 g/mol. The molecule has 0 N–H and O–H groups in total. The number of hydrogen-bond donors (Lipinski definition) is 0. The summed E-state index contributed by atoms with van der Waals surface area (Å²) in [4.78, 5) is 4.46. The molecule has 4 aromatic rings. The van der Waals surface area contributed by atoms with Crippen LogP contribution in [-0.2, 0) is 6.54 Å². The number of benzene rings is 1. The van der Waals surface area contributed by atoms with Crippen molar-refractivity contribution in [1.82, 2.24) is 25.0 Å². The van der Waals surface area contributed by atoms with E-state index in [2.05, 4.69) is 20.3 Å². The van der Waals surface area contributed by atoms with Crippen LogP contribution in [0.4, 0.5) is 13.2 Å². The molecule has 0 unspecified atom stereocenters. The Bertz CT molecular complexity index is 1400. The lowest BCUT2D eigenvalue weighted by molar-refractivity contribution is -0.191. The number of pyridine rings is 1. The highest BCUT2D eigenvalue weighted by Gasteiger charge is 2.63. The Balaban J connectivity index is 1.55. The van der Waals surface area contributed by atoms with Gasteiger partial charge in [-0.3, -0.25) is 4.68 Å². The van der Waals surface area contributed by atoms with Crippen LogP contribution in [0.2, 0.25) is 0 Å². The summed E-state index contributed by atoms with van der Waals surface area (Å²) in [6.45, 7) is -0.219. The van der Waals surface area contributed by atoms with E-state index < -0.39 is 11.6 Å². The number of alkyl halides is 3. The van der Waals surface area contributed by atoms with Gasteiger partial charge in [0.05, 0.1) is 36.5 Å². The van der Waals surface area contributed by atoms with Crippen molar-refractivity contribution in [3.63, 3.8) is 0 Å². The van der Waals surface area contributed by atoms with E-state index >= 15 is 0 Å². The second-order valence-corrected chi connectivity index (χ2v) is 8.07. The second-order valence-electron chi connectivity index (χ2n) is 8.07. The molecule has 3 aromatic heterocycles. The molecule has 0 bridgehead atoms. The summed E-state index contributed by atoms with van der Waals surface area (Å²) in [7, 11) is 1.51. The minimum Gasteiger partial charge on any atom is -0.480 e. The zero-order chi connectivity index (χ0) is 23.2. The average molecular weight is 450 g/mol. The van der Waals surface area contributed by atoms with E-state index in [1.165, 1.54) is 18.0 Å². The van der Waals surface area contributed by atoms with Crippen molar-refractivity contribution in [1.29, 1.82) is 5.26 Å². The van der Waals surface area contributed by atoms with E-state index in [-0.39, 0.29) is 25.1 Å². The van der Waals surface area contributed by atoms with E-state index in [9.17, 15) is 18.4 Å². The highest BCUT2D eigenvalue weighted by atomic mass is 19.4. The van der Waals surface area contributed by atoms with Gasteiger partial charge < -0.3 is 4.74 Å². The topological polar surface area (TPSA) is 89.5 Å². The van der Waals surface area contributed by atoms with Crippen LogP contribution in [0.1, 0.15) is 18.5 Å². The molecule has 0 saturated heterocycles. The number of ether oxygens (including phenoxy) is 1. The van der Waals surface area contributed by atoms with Gasteiger partial charge in [-0.05, 0) is 31.0 Å². The molecule has 0 aliphatic heterocycles. The molecule has 1 aliphatic rings. The number of nitriles is 1. The number of rotatable bonds is 5. The summed E-state index contributed by atoms with van der Waals surface area (Å²) in [5, 5.41) is 22.5. The van der Waals surface area contributed by atoms with Crippen molar-refractivity contribution >= 4 is 10.9 Å². The second kappa shape index (κ2) is 7.55. The maximum Gasteiger partial charge on any atom is 0.396 e. The van der Waals surface area contributed by atoms with Crippen LogP contribution in [0.3, 0.4) is 0 Å². The fourth-order valence-corrected chi connectivity index (χ4v) is 3.82. The van der Waals surface area contributed by atoms with Gasteiger partial charge in [-0.15, -0.1) is 10.2 Å². The Hall–Kier alpha value is -4.00. The maximum atomic E-state index is 13.4. The van der Waals surface area contributed by atoms with E-state index in [1.807, 2.05) is 18.2 Å². The van der Waals surface area contributed by atoms with Crippen LogP contribution in [0.5, 0.6) is 5.88 Å². The first-order valence-corrected chi connectivity index (χ1v) is 10.1. The molecule has 5 rings (SSSR count). The van der Waals surface area contributed by atoms with E-state index in [1.54, 1.807) is 30.5 Å². The molecule has 3 heterocycles. The van der Waals surface area contributed by atoms with Gasteiger partial charge in [0.2, 0.25) is 5.88 Å². The molecule has 33 heavy (non-hydrogen) atoms. The van der Waals surface area contributed by atoms with Crippen LogP contribution in [0, 0.1) is 16.7 Å². The molecule has 0 spiro atoms. The van der Waals surface area contributed by atoms with Crippen LogP contribution in [0.25, 0.3) is 33.3 Å². The molecule has 0 atom stereocenters. The summed E-state index contributed by atoms with van der Waals surface area (Å²) >= 11 is 0. The molecule has 1 aliphatic carbocycles. The Morgan fingerprint density at radius 1 is 1.12 bits per heavy atom. The predicted octanol–water partition coefficient (Wildman–Crippen LogP) is 4.78. The third-order valence-electron chi connectivity index (χ3n) is 5.92. The normalized spacial score (nSPS) is 14.8. The molecule has 166 valence electrons. The van der Waals surface area contributed by atoms with Gasteiger partial charge in [0.1, 0.15) is 11.8 Å². The summed E-state index contributed by atoms with van der Waals surface area (Å²) in [6.07, 6.45) is -0.930. The largest absolute Gasteiger partial charge is 0.480 e. The van der Waals surface area contributed by atoms with Crippen molar-refractivity contribution in [2.24, 2.45) is 5.41 Å². The monoisotopic (exact) mass is 450 g/mol. The Kier molecular flexibility index (Phi) is 4.78. The van der Waals surface area contributed by atoms with Crippen LogP contribution < -0.4 is 4.74 Å². The highest BCUT2D eigenvalue weighted by Crippen LogP contribution is 2.58. The van der Waals surface area contributed by atoms with Gasteiger partial charge >= 0.3 is 6.18 Å². The lowest BCUT2D eigenvalue weighted by atomic mass is 10.00. The third kappa shape index (κ3) is 3.75. The molecule has 1 aromatic carbocycles. The molecular formula is C23H17F3N6O. The van der Waals surface area contributed by atoms with Gasteiger partial charge in [0, 0.05) is 34.3 Å².